The lowest BCUT2D eigenvalue weighted by Crippen LogP contribution is -2.25. The second-order valence-corrected chi connectivity index (χ2v) is 6.41. The molecule has 1 N–H and O–H groups in total. The third-order valence-corrected chi connectivity index (χ3v) is 3.58. The first-order chi connectivity index (χ1) is 8.82. The fourth-order valence-corrected chi connectivity index (χ4v) is 2.37. The smallest absolute Gasteiger partial charge is 0.316 e. The Morgan fingerprint density at radius 3 is 2.68 bits per heavy atom. The van der Waals surface area contributed by atoms with Crippen molar-refractivity contribution in [2.45, 2.75) is 26.1 Å². The summed E-state index contributed by atoms with van der Waals surface area (Å²) in [6.07, 6.45) is 1.69. The molecular weight excluding hydrogens is 330 g/mol. The summed E-state index contributed by atoms with van der Waals surface area (Å²) < 4.78 is 5.44. The van der Waals surface area contributed by atoms with Gasteiger partial charge in [0.1, 0.15) is 0 Å². The zero-order valence-electron chi connectivity index (χ0n) is 11.0. The van der Waals surface area contributed by atoms with Crippen LogP contribution in [0.5, 0.6) is 5.75 Å². The van der Waals surface area contributed by atoms with Gasteiger partial charge in [-0.3, -0.25) is 4.79 Å². The lowest BCUT2D eigenvalue weighted by atomic mass is 9.97. The lowest BCUT2D eigenvalue weighted by Gasteiger charge is -2.15. The number of nitrogens with one attached hydrogen (secondary N) is 1. The SMILES string of the molecule is CC(C)(C)C(=O)Oc1c[nH]c2c(CBr)cc(Cl)cc12. The number of fused-ring (bicyclic) bond motifs is 1. The van der Waals surface area contributed by atoms with Crippen molar-refractivity contribution in [2.24, 2.45) is 5.41 Å². The van der Waals surface area contributed by atoms with E-state index < -0.39 is 5.41 Å². The first kappa shape index (κ1) is 14.4. The summed E-state index contributed by atoms with van der Waals surface area (Å²) >= 11 is 9.50. The van der Waals surface area contributed by atoms with Crippen molar-refractivity contribution in [3.05, 3.63) is 28.9 Å². The predicted octanol–water partition coefficient (Wildman–Crippen LogP) is 4.67. The summed E-state index contributed by atoms with van der Waals surface area (Å²) in [4.78, 5) is 15.1. The fraction of sp³-hybridized carbons (Fsp3) is 0.357. The first-order valence-corrected chi connectivity index (χ1v) is 7.40. The Balaban J connectivity index is 2.46. The van der Waals surface area contributed by atoms with E-state index in [0.717, 1.165) is 16.5 Å². The van der Waals surface area contributed by atoms with Gasteiger partial charge in [-0.05, 0) is 38.5 Å². The van der Waals surface area contributed by atoms with Crippen LogP contribution in [-0.2, 0) is 10.1 Å². The molecule has 1 aromatic carbocycles. The van der Waals surface area contributed by atoms with Crippen LogP contribution in [0.4, 0.5) is 0 Å². The number of benzene rings is 1. The van der Waals surface area contributed by atoms with Gasteiger partial charge in [0.05, 0.1) is 10.9 Å². The van der Waals surface area contributed by atoms with Crippen LogP contribution in [0.25, 0.3) is 10.9 Å². The number of ether oxygens (including phenoxy) is 1. The van der Waals surface area contributed by atoms with Crippen LogP contribution in [-0.4, -0.2) is 11.0 Å². The molecule has 0 unspecified atom stereocenters. The quantitative estimate of drug-likeness (QED) is 0.635. The molecule has 2 rings (SSSR count). The van der Waals surface area contributed by atoms with Crippen molar-refractivity contribution < 1.29 is 9.53 Å². The second-order valence-electron chi connectivity index (χ2n) is 5.41. The highest BCUT2D eigenvalue weighted by Crippen LogP contribution is 2.33. The normalized spacial score (nSPS) is 11.8. The largest absolute Gasteiger partial charge is 0.424 e. The zero-order valence-corrected chi connectivity index (χ0v) is 13.4. The first-order valence-electron chi connectivity index (χ1n) is 5.90. The van der Waals surface area contributed by atoms with Crippen molar-refractivity contribution in [3.63, 3.8) is 0 Å². The molecule has 0 aliphatic carbocycles. The van der Waals surface area contributed by atoms with Gasteiger partial charge in [0.25, 0.3) is 0 Å². The molecule has 0 aliphatic rings. The van der Waals surface area contributed by atoms with Crippen molar-refractivity contribution in [1.82, 2.24) is 4.98 Å². The van der Waals surface area contributed by atoms with E-state index in [1.807, 2.05) is 26.8 Å². The molecule has 0 bridgehead atoms. The molecule has 1 heterocycles. The van der Waals surface area contributed by atoms with Crippen LogP contribution < -0.4 is 4.74 Å². The van der Waals surface area contributed by atoms with E-state index in [2.05, 4.69) is 20.9 Å². The minimum atomic E-state index is -0.541. The number of aromatic nitrogens is 1. The zero-order chi connectivity index (χ0) is 14.2. The monoisotopic (exact) mass is 343 g/mol. The highest BCUT2D eigenvalue weighted by atomic mass is 79.9. The van der Waals surface area contributed by atoms with E-state index >= 15 is 0 Å². The van der Waals surface area contributed by atoms with Crippen LogP contribution in [0.3, 0.4) is 0 Å². The average Bonchev–Trinajstić information content (AvgIpc) is 2.70. The summed E-state index contributed by atoms with van der Waals surface area (Å²) in [5, 5.41) is 2.12. The Hall–Kier alpha value is -1.00. The van der Waals surface area contributed by atoms with Gasteiger partial charge in [-0.25, -0.2) is 0 Å². The molecule has 102 valence electrons. The van der Waals surface area contributed by atoms with Crippen LogP contribution >= 0.6 is 27.5 Å². The molecular formula is C14H15BrClNO2. The third kappa shape index (κ3) is 2.95. The summed E-state index contributed by atoms with van der Waals surface area (Å²) in [6.45, 7) is 5.46. The second kappa shape index (κ2) is 5.17. The number of esters is 1. The number of carbonyl (C=O) groups is 1. The number of hydrogen-bond donors (Lipinski definition) is 1. The Bertz CT molecular complexity index is 628. The Labute approximate surface area is 125 Å². The fourth-order valence-electron chi connectivity index (χ4n) is 1.69. The number of halogens is 2. The van der Waals surface area contributed by atoms with Crippen molar-refractivity contribution in [2.75, 3.05) is 0 Å². The highest BCUT2D eigenvalue weighted by molar-refractivity contribution is 9.08. The third-order valence-electron chi connectivity index (χ3n) is 2.76. The van der Waals surface area contributed by atoms with E-state index in [4.69, 9.17) is 16.3 Å². The van der Waals surface area contributed by atoms with Crippen LogP contribution in [0.2, 0.25) is 5.02 Å². The molecule has 5 heteroatoms. The van der Waals surface area contributed by atoms with Crippen molar-refractivity contribution >= 4 is 44.4 Å². The van der Waals surface area contributed by atoms with E-state index in [9.17, 15) is 4.79 Å². The van der Waals surface area contributed by atoms with Gasteiger partial charge < -0.3 is 9.72 Å². The molecule has 0 spiro atoms. The molecule has 0 atom stereocenters. The van der Waals surface area contributed by atoms with Gasteiger partial charge in [-0.2, -0.15) is 0 Å². The highest BCUT2D eigenvalue weighted by Gasteiger charge is 2.25. The minimum Gasteiger partial charge on any atom is -0.424 e. The number of hydrogen-bond acceptors (Lipinski definition) is 2. The molecule has 0 radical (unpaired) electrons. The molecule has 0 saturated heterocycles. The predicted molar refractivity (Wildman–Crippen MR) is 81.0 cm³/mol. The number of rotatable bonds is 2. The van der Waals surface area contributed by atoms with Crippen LogP contribution in [0.15, 0.2) is 18.3 Å². The molecule has 0 amide bonds. The van der Waals surface area contributed by atoms with E-state index in [0.29, 0.717) is 16.1 Å². The van der Waals surface area contributed by atoms with Gasteiger partial charge in [0.2, 0.25) is 0 Å². The van der Waals surface area contributed by atoms with Gasteiger partial charge in [-0.1, -0.05) is 27.5 Å². The maximum atomic E-state index is 11.9. The maximum Gasteiger partial charge on any atom is 0.316 e. The molecule has 0 aliphatic heterocycles. The van der Waals surface area contributed by atoms with Crippen molar-refractivity contribution in [1.29, 1.82) is 0 Å². The summed E-state index contributed by atoms with van der Waals surface area (Å²) in [6, 6.07) is 3.68. The van der Waals surface area contributed by atoms with Gasteiger partial charge in [0, 0.05) is 21.9 Å². The summed E-state index contributed by atoms with van der Waals surface area (Å²) in [5.41, 5.74) is 1.42. The summed E-state index contributed by atoms with van der Waals surface area (Å²) in [7, 11) is 0. The van der Waals surface area contributed by atoms with E-state index in [1.165, 1.54) is 0 Å². The number of H-pyrrole nitrogens is 1. The van der Waals surface area contributed by atoms with E-state index in [-0.39, 0.29) is 5.97 Å². The number of aromatic amines is 1. The van der Waals surface area contributed by atoms with Gasteiger partial charge in [0.15, 0.2) is 5.75 Å². The molecule has 0 saturated carbocycles. The molecule has 2 aromatic rings. The van der Waals surface area contributed by atoms with Crippen molar-refractivity contribution in [3.8, 4) is 5.75 Å². The van der Waals surface area contributed by atoms with Gasteiger partial charge in [-0.15, -0.1) is 0 Å². The topological polar surface area (TPSA) is 42.1 Å². The molecule has 0 fully saturated rings. The maximum absolute atomic E-state index is 11.9. The average molecular weight is 345 g/mol. The van der Waals surface area contributed by atoms with Crippen LogP contribution in [0.1, 0.15) is 26.3 Å². The Morgan fingerprint density at radius 2 is 2.11 bits per heavy atom. The Morgan fingerprint density at radius 1 is 1.42 bits per heavy atom. The standard InChI is InChI=1S/C14H15BrClNO2/c1-14(2,3)13(18)19-11-7-17-12-8(6-15)4-9(16)5-10(11)12/h4-5,7,17H,6H2,1-3H3. The number of carbonyl (C=O) groups excluding carboxylic acids is 1. The van der Waals surface area contributed by atoms with E-state index in [1.54, 1.807) is 12.3 Å². The lowest BCUT2D eigenvalue weighted by molar-refractivity contribution is -0.142. The van der Waals surface area contributed by atoms with Crippen LogP contribution in [0, 0.1) is 5.41 Å². The molecule has 3 nitrogen and oxygen atoms in total. The van der Waals surface area contributed by atoms with Gasteiger partial charge >= 0.3 is 5.97 Å². The molecule has 19 heavy (non-hydrogen) atoms. The minimum absolute atomic E-state index is 0.270. The Kier molecular flexibility index (Phi) is 3.92. The number of alkyl halides is 1. The molecule has 1 aromatic heterocycles. The summed E-state index contributed by atoms with van der Waals surface area (Å²) in [5.74, 6) is 0.244.